The van der Waals surface area contributed by atoms with Gasteiger partial charge in [-0.25, -0.2) is 0 Å². The number of amides is 1. The molecule has 1 N–H and O–H groups in total. The molecule has 3 aromatic carbocycles. The Labute approximate surface area is 212 Å². The van der Waals surface area contributed by atoms with Gasteiger partial charge >= 0.3 is 0 Å². The Morgan fingerprint density at radius 3 is 2.65 bits per heavy atom. The molecule has 0 radical (unpaired) electrons. The fourth-order valence-corrected chi connectivity index (χ4v) is 4.16. The van der Waals surface area contributed by atoms with E-state index in [4.69, 9.17) is 27.9 Å². The number of nitrogens with zero attached hydrogens (tertiary/aromatic N) is 1. The van der Waals surface area contributed by atoms with Crippen molar-refractivity contribution in [2.24, 2.45) is 0 Å². The summed E-state index contributed by atoms with van der Waals surface area (Å²) in [6.07, 6.45) is 1.54. The standard InChI is InChI=1S/C23H14BrCl2IN2O2/c24-17-2-1-3-19(10-17)29-23(30)16(12-28)8-14-4-7-22(21(27)9-14)31-13-15-5-6-18(25)11-20(15)26/h1-11H,13H2,(H,29,30)/b16-8-. The number of nitrogens with one attached hydrogen (secondary N) is 1. The SMILES string of the molecule is N#C/C(=C/c1ccc(OCc2ccc(Cl)cc2Cl)c(I)c1)C(=O)Nc1cccc(Br)c1. The van der Waals surface area contributed by atoms with Crippen molar-refractivity contribution in [3.8, 4) is 11.8 Å². The van der Waals surface area contributed by atoms with Gasteiger partial charge in [0, 0.05) is 25.8 Å². The molecule has 0 spiro atoms. The molecule has 1 amide bonds. The Balaban J connectivity index is 1.72. The van der Waals surface area contributed by atoms with Crippen molar-refractivity contribution in [3.05, 3.63) is 95.5 Å². The Morgan fingerprint density at radius 1 is 1.16 bits per heavy atom. The minimum atomic E-state index is -0.478. The van der Waals surface area contributed by atoms with Gasteiger partial charge in [-0.2, -0.15) is 5.26 Å². The molecule has 0 saturated heterocycles. The van der Waals surface area contributed by atoms with Gasteiger partial charge < -0.3 is 10.1 Å². The highest BCUT2D eigenvalue weighted by molar-refractivity contribution is 14.1. The summed E-state index contributed by atoms with van der Waals surface area (Å²) < 4.78 is 7.53. The fraction of sp³-hybridized carbons (Fsp3) is 0.0435. The third-order valence-electron chi connectivity index (χ3n) is 4.11. The molecule has 0 aliphatic heterocycles. The number of hydrogen-bond acceptors (Lipinski definition) is 3. The molecule has 31 heavy (non-hydrogen) atoms. The van der Waals surface area contributed by atoms with Crippen molar-refractivity contribution in [1.82, 2.24) is 0 Å². The van der Waals surface area contributed by atoms with Gasteiger partial charge in [0.05, 0.1) is 3.57 Å². The normalized spacial score (nSPS) is 11.0. The van der Waals surface area contributed by atoms with Gasteiger partial charge in [0.15, 0.2) is 0 Å². The second-order valence-corrected chi connectivity index (χ2v) is 9.27. The lowest BCUT2D eigenvalue weighted by Gasteiger charge is -2.10. The highest BCUT2D eigenvalue weighted by Gasteiger charge is 2.11. The second-order valence-electron chi connectivity index (χ2n) is 6.35. The number of carbonyl (C=O) groups excluding carboxylic acids is 1. The van der Waals surface area contributed by atoms with Crippen LogP contribution < -0.4 is 10.1 Å². The quantitative estimate of drug-likeness (QED) is 0.175. The van der Waals surface area contributed by atoms with Gasteiger partial charge in [-0.15, -0.1) is 0 Å². The van der Waals surface area contributed by atoms with Crippen LogP contribution in [0.25, 0.3) is 6.08 Å². The van der Waals surface area contributed by atoms with Gasteiger partial charge in [0.1, 0.15) is 24.0 Å². The Morgan fingerprint density at radius 2 is 1.97 bits per heavy atom. The van der Waals surface area contributed by atoms with Crippen molar-refractivity contribution >= 4 is 79.4 Å². The van der Waals surface area contributed by atoms with Crippen LogP contribution in [0.3, 0.4) is 0 Å². The molecular weight excluding hydrogens is 614 g/mol. The highest BCUT2D eigenvalue weighted by Crippen LogP contribution is 2.27. The van der Waals surface area contributed by atoms with E-state index >= 15 is 0 Å². The summed E-state index contributed by atoms with van der Waals surface area (Å²) in [6.45, 7) is 0.291. The number of benzene rings is 3. The summed E-state index contributed by atoms with van der Waals surface area (Å²) in [6, 6.07) is 19.8. The van der Waals surface area contributed by atoms with Crippen LogP contribution >= 0.6 is 61.7 Å². The lowest BCUT2D eigenvalue weighted by molar-refractivity contribution is -0.112. The molecule has 0 bridgehead atoms. The van der Waals surface area contributed by atoms with Crippen LogP contribution in [0.2, 0.25) is 10.0 Å². The lowest BCUT2D eigenvalue weighted by atomic mass is 10.1. The molecule has 0 heterocycles. The molecule has 4 nitrogen and oxygen atoms in total. The van der Waals surface area contributed by atoms with E-state index in [1.807, 2.05) is 24.3 Å². The Kier molecular flexibility index (Phi) is 8.38. The lowest BCUT2D eigenvalue weighted by Crippen LogP contribution is -2.13. The second kappa shape index (κ2) is 11.0. The molecule has 3 rings (SSSR count). The van der Waals surface area contributed by atoms with E-state index in [1.165, 1.54) is 6.08 Å². The van der Waals surface area contributed by atoms with Gasteiger partial charge in [0.2, 0.25) is 0 Å². The smallest absolute Gasteiger partial charge is 0.266 e. The zero-order chi connectivity index (χ0) is 22.4. The van der Waals surface area contributed by atoms with Crippen LogP contribution in [0, 0.1) is 14.9 Å². The first-order chi connectivity index (χ1) is 14.9. The first-order valence-electron chi connectivity index (χ1n) is 8.90. The molecule has 0 saturated carbocycles. The van der Waals surface area contributed by atoms with Gasteiger partial charge in [-0.3, -0.25) is 4.79 Å². The molecule has 156 valence electrons. The van der Waals surface area contributed by atoms with E-state index < -0.39 is 5.91 Å². The predicted molar refractivity (Wildman–Crippen MR) is 136 cm³/mol. The Hall–Kier alpha value is -2.05. The largest absolute Gasteiger partial charge is 0.488 e. The van der Waals surface area contributed by atoms with E-state index in [-0.39, 0.29) is 5.57 Å². The third kappa shape index (κ3) is 6.71. The van der Waals surface area contributed by atoms with Crippen LogP contribution in [0.15, 0.2) is 70.7 Å². The maximum absolute atomic E-state index is 12.5. The maximum atomic E-state index is 12.5. The average Bonchev–Trinajstić information content (AvgIpc) is 2.72. The van der Waals surface area contributed by atoms with Crippen LogP contribution in [0.4, 0.5) is 5.69 Å². The summed E-state index contributed by atoms with van der Waals surface area (Å²) >= 11 is 17.6. The van der Waals surface area contributed by atoms with Crippen molar-refractivity contribution in [2.75, 3.05) is 5.32 Å². The summed E-state index contributed by atoms with van der Waals surface area (Å²) in [5, 5.41) is 13.3. The minimum Gasteiger partial charge on any atom is -0.488 e. The molecule has 0 aromatic heterocycles. The van der Waals surface area contributed by atoms with E-state index in [2.05, 4.69) is 43.8 Å². The molecule has 0 unspecified atom stereocenters. The van der Waals surface area contributed by atoms with Crippen molar-refractivity contribution in [3.63, 3.8) is 0 Å². The van der Waals surface area contributed by atoms with E-state index in [0.717, 1.165) is 13.6 Å². The number of hydrogen-bond donors (Lipinski definition) is 1. The number of nitriles is 1. The number of anilines is 1. The Bertz CT molecular complexity index is 1210. The van der Waals surface area contributed by atoms with E-state index in [1.54, 1.807) is 42.5 Å². The topological polar surface area (TPSA) is 62.1 Å². The molecule has 0 fully saturated rings. The number of halogens is 4. The number of carbonyl (C=O) groups is 1. The molecule has 0 atom stereocenters. The van der Waals surface area contributed by atoms with Crippen molar-refractivity contribution < 1.29 is 9.53 Å². The zero-order valence-electron chi connectivity index (χ0n) is 15.8. The van der Waals surface area contributed by atoms with Crippen LogP contribution in [-0.2, 0) is 11.4 Å². The fourth-order valence-electron chi connectivity index (χ4n) is 2.60. The number of ether oxygens (including phenoxy) is 1. The monoisotopic (exact) mass is 626 g/mol. The number of rotatable bonds is 6. The first-order valence-corrected chi connectivity index (χ1v) is 11.5. The maximum Gasteiger partial charge on any atom is 0.266 e. The molecule has 8 heteroatoms. The highest BCUT2D eigenvalue weighted by atomic mass is 127. The van der Waals surface area contributed by atoms with Gasteiger partial charge in [-0.05, 0) is 76.7 Å². The molecule has 3 aromatic rings. The predicted octanol–water partition coefficient (Wildman–Crippen LogP) is 7.49. The van der Waals surface area contributed by atoms with Crippen molar-refractivity contribution in [2.45, 2.75) is 6.61 Å². The van der Waals surface area contributed by atoms with E-state index in [9.17, 15) is 10.1 Å². The summed E-state index contributed by atoms with van der Waals surface area (Å²) in [5.41, 5.74) is 2.13. The minimum absolute atomic E-state index is 0.00242. The molecule has 0 aliphatic carbocycles. The van der Waals surface area contributed by atoms with Gasteiger partial charge in [0.25, 0.3) is 5.91 Å². The average molecular weight is 628 g/mol. The van der Waals surface area contributed by atoms with Crippen molar-refractivity contribution in [1.29, 1.82) is 5.26 Å². The summed E-state index contributed by atoms with van der Waals surface area (Å²) in [4.78, 5) is 12.5. The van der Waals surface area contributed by atoms with Crippen LogP contribution in [-0.4, -0.2) is 5.91 Å². The van der Waals surface area contributed by atoms with Crippen LogP contribution in [0.1, 0.15) is 11.1 Å². The van der Waals surface area contributed by atoms with Gasteiger partial charge in [-0.1, -0.05) is 57.3 Å². The third-order valence-corrected chi connectivity index (χ3v) is 6.04. The summed E-state index contributed by atoms with van der Waals surface area (Å²) in [5.74, 6) is 0.189. The zero-order valence-corrected chi connectivity index (χ0v) is 21.1. The first kappa shape index (κ1) is 23.6. The summed E-state index contributed by atoms with van der Waals surface area (Å²) in [7, 11) is 0. The molecular formula is C23H14BrCl2IN2O2. The van der Waals surface area contributed by atoms with E-state index in [0.29, 0.717) is 33.7 Å². The van der Waals surface area contributed by atoms with Crippen LogP contribution in [0.5, 0.6) is 5.75 Å². The molecule has 0 aliphatic rings.